The Balaban J connectivity index is 1.30. The van der Waals surface area contributed by atoms with Crippen LogP contribution in [0.5, 0.6) is 0 Å². The average Bonchev–Trinajstić information content (AvgIpc) is 3.19. The lowest BCUT2D eigenvalue weighted by atomic mass is 9.90. The summed E-state index contributed by atoms with van der Waals surface area (Å²) >= 11 is 0. The van der Waals surface area contributed by atoms with E-state index in [1.807, 2.05) is 17.0 Å². The van der Waals surface area contributed by atoms with Gasteiger partial charge in [-0.25, -0.2) is 8.78 Å². The van der Waals surface area contributed by atoms with Gasteiger partial charge >= 0.3 is 0 Å². The predicted octanol–water partition coefficient (Wildman–Crippen LogP) is 4.41. The van der Waals surface area contributed by atoms with Crippen LogP contribution in [-0.2, 0) is 17.8 Å². The predicted molar refractivity (Wildman–Crippen MR) is 109 cm³/mol. The van der Waals surface area contributed by atoms with Crippen molar-refractivity contribution in [3.05, 3.63) is 71.3 Å². The summed E-state index contributed by atoms with van der Waals surface area (Å²) in [6.45, 7) is 3.20. The second kappa shape index (κ2) is 9.04. The van der Waals surface area contributed by atoms with Gasteiger partial charge in [-0.05, 0) is 80.0 Å². The molecule has 5 heteroatoms. The minimum atomic E-state index is -0.230. The summed E-state index contributed by atoms with van der Waals surface area (Å²) in [5.74, 6) is 0.357. The molecular weight excluding hydrogens is 370 g/mol. The Bertz CT molecular complexity index is 814. The molecule has 2 aromatic carbocycles. The van der Waals surface area contributed by atoms with Gasteiger partial charge in [0.2, 0.25) is 5.91 Å². The maximum absolute atomic E-state index is 13.1. The number of rotatable bonds is 5. The van der Waals surface area contributed by atoms with Crippen molar-refractivity contribution in [1.82, 2.24) is 9.80 Å². The highest BCUT2D eigenvalue weighted by atomic mass is 19.1. The first kappa shape index (κ1) is 20.0. The summed E-state index contributed by atoms with van der Waals surface area (Å²) < 4.78 is 26.2. The van der Waals surface area contributed by atoms with Crippen LogP contribution in [0.3, 0.4) is 0 Å². The molecule has 0 saturated carbocycles. The standard InChI is InChI=1S/C24H28F2N2O/c25-21-7-3-18(4-8-21)16-19-11-14-27(15-12-19)24(29)23-2-1-13-28(23)17-20-5-9-22(26)10-6-20/h3-10,19,23H,1-2,11-17H2/t23-/m0/s1. The van der Waals surface area contributed by atoms with Crippen molar-refractivity contribution in [2.75, 3.05) is 19.6 Å². The monoisotopic (exact) mass is 398 g/mol. The Morgan fingerprint density at radius 2 is 1.41 bits per heavy atom. The van der Waals surface area contributed by atoms with Crippen molar-refractivity contribution in [2.24, 2.45) is 5.92 Å². The van der Waals surface area contributed by atoms with Gasteiger partial charge in [0.05, 0.1) is 6.04 Å². The largest absolute Gasteiger partial charge is 0.341 e. The van der Waals surface area contributed by atoms with E-state index in [9.17, 15) is 13.6 Å². The van der Waals surface area contributed by atoms with Crippen LogP contribution < -0.4 is 0 Å². The van der Waals surface area contributed by atoms with E-state index in [0.29, 0.717) is 12.5 Å². The minimum Gasteiger partial charge on any atom is -0.341 e. The van der Waals surface area contributed by atoms with Crippen LogP contribution in [0.4, 0.5) is 8.78 Å². The fourth-order valence-electron chi connectivity index (χ4n) is 4.64. The van der Waals surface area contributed by atoms with Crippen molar-refractivity contribution >= 4 is 5.91 Å². The quantitative estimate of drug-likeness (QED) is 0.745. The van der Waals surface area contributed by atoms with Crippen LogP contribution >= 0.6 is 0 Å². The molecule has 2 aliphatic rings. The Labute approximate surface area is 171 Å². The molecular formula is C24H28F2N2O. The first-order valence-corrected chi connectivity index (χ1v) is 10.6. The maximum Gasteiger partial charge on any atom is 0.239 e. The highest BCUT2D eigenvalue weighted by molar-refractivity contribution is 5.82. The number of nitrogens with zero attached hydrogens (tertiary/aromatic N) is 2. The van der Waals surface area contributed by atoms with E-state index >= 15 is 0 Å². The van der Waals surface area contributed by atoms with Gasteiger partial charge in [-0.1, -0.05) is 24.3 Å². The van der Waals surface area contributed by atoms with E-state index in [0.717, 1.165) is 62.9 Å². The SMILES string of the molecule is O=C([C@@H]1CCCN1Cc1ccc(F)cc1)N1CCC(Cc2ccc(F)cc2)CC1. The second-order valence-corrected chi connectivity index (χ2v) is 8.35. The van der Waals surface area contributed by atoms with Crippen molar-refractivity contribution in [3.8, 4) is 0 Å². The fraction of sp³-hybridized carbons (Fsp3) is 0.458. The number of likely N-dealkylation sites (tertiary alicyclic amines) is 2. The van der Waals surface area contributed by atoms with Crippen LogP contribution in [0, 0.1) is 17.6 Å². The number of benzene rings is 2. The van der Waals surface area contributed by atoms with Gasteiger partial charge in [0.1, 0.15) is 11.6 Å². The average molecular weight is 398 g/mol. The van der Waals surface area contributed by atoms with E-state index in [2.05, 4.69) is 4.90 Å². The van der Waals surface area contributed by atoms with Crippen molar-refractivity contribution in [2.45, 2.75) is 44.7 Å². The highest BCUT2D eigenvalue weighted by Crippen LogP contribution is 2.26. The van der Waals surface area contributed by atoms with Gasteiger partial charge < -0.3 is 4.90 Å². The Morgan fingerprint density at radius 3 is 2.03 bits per heavy atom. The van der Waals surface area contributed by atoms with Gasteiger partial charge in [0, 0.05) is 19.6 Å². The van der Waals surface area contributed by atoms with Crippen molar-refractivity contribution < 1.29 is 13.6 Å². The lowest BCUT2D eigenvalue weighted by molar-refractivity contribution is -0.137. The topological polar surface area (TPSA) is 23.6 Å². The van der Waals surface area contributed by atoms with Crippen LogP contribution in [0.15, 0.2) is 48.5 Å². The zero-order chi connectivity index (χ0) is 20.2. The van der Waals surface area contributed by atoms with E-state index in [1.165, 1.54) is 24.3 Å². The van der Waals surface area contributed by atoms with Crippen LogP contribution in [-0.4, -0.2) is 41.4 Å². The summed E-state index contributed by atoms with van der Waals surface area (Å²) in [5.41, 5.74) is 2.21. The van der Waals surface area contributed by atoms with Gasteiger partial charge in [-0.2, -0.15) is 0 Å². The summed E-state index contributed by atoms with van der Waals surface area (Å²) in [7, 11) is 0. The van der Waals surface area contributed by atoms with E-state index in [1.54, 1.807) is 12.1 Å². The molecule has 0 spiro atoms. The molecule has 0 unspecified atom stereocenters. The molecule has 0 radical (unpaired) electrons. The molecule has 2 heterocycles. The Morgan fingerprint density at radius 1 is 0.828 bits per heavy atom. The third-order valence-electron chi connectivity index (χ3n) is 6.31. The normalized spacial score (nSPS) is 20.9. The zero-order valence-electron chi connectivity index (χ0n) is 16.7. The molecule has 2 aromatic rings. The number of carbonyl (C=O) groups is 1. The molecule has 2 fully saturated rings. The van der Waals surface area contributed by atoms with E-state index in [-0.39, 0.29) is 23.6 Å². The smallest absolute Gasteiger partial charge is 0.239 e. The molecule has 2 saturated heterocycles. The zero-order valence-corrected chi connectivity index (χ0v) is 16.7. The fourth-order valence-corrected chi connectivity index (χ4v) is 4.64. The summed E-state index contributed by atoms with van der Waals surface area (Å²) in [4.78, 5) is 17.4. The summed E-state index contributed by atoms with van der Waals surface area (Å²) in [6, 6.07) is 13.3. The van der Waals surface area contributed by atoms with Crippen LogP contribution in [0.1, 0.15) is 36.8 Å². The highest BCUT2D eigenvalue weighted by Gasteiger charge is 2.35. The van der Waals surface area contributed by atoms with Gasteiger partial charge in [-0.15, -0.1) is 0 Å². The molecule has 1 amide bonds. The molecule has 0 aliphatic carbocycles. The first-order valence-electron chi connectivity index (χ1n) is 10.6. The first-order chi connectivity index (χ1) is 14.1. The molecule has 0 N–H and O–H groups in total. The lowest BCUT2D eigenvalue weighted by Crippen LogP contribution is -2.48. The van der Waals surface area contributed by atoms with Gasteiger partial charge in [0.15, 0.2) is 0 Å². The number of amides is 1. The van der Waals surface area contributed by atoms with Gasteiger partial charge in [-0.3, -0.25) is 9.69 Å². The Kier molecular flexibility index (Phi) is 6.24. The second-order valence-electron chi connectivity index (χ2n) is 8.35. The van der Waals surface area contributed by atoms with Crippen LogP contribution in [0.25, 0.3) is 0 Å². The molecule has 29 heavy (non-hydrogen) atoms. The van der Waals surface area contributed by atoms with Crippen molar-refractivity contribution in [3.63, 3.8) is 0 Å². The summed E-state index contributed by atoms with van der Waals surface area (Å²) in [5, 5.41) is 0. The minimum absolute atomic E-state index is 0.0614. The molecule has 4 rings (SSSR count). The van der Waals surface area contributed by atoms with E-state index in [4.69, 9.17) is 0 Å². The molecule has 3 nitrogen and oxygen atoms in total. The molecule has 154 valence electrons. The maximum atomic E-state index is 13.1. The lowest BCUT2D eigenvalue weighted by Gasteiger charge is -2.35. The van der Waals surface area contributed by atoms with Crippen LogP contribution in [0.2, 0.25) is 0 Å². The van der Waals surface area contributed by atoms with E-state index < -0.39 is 0 Å². The number of carbonyl (C=O) groups excluding carboxylic acids is 1. The summed E-state index contributed by atoms with van der Waals surface area (Å²) in [6.07, 6.45) is 4.86. The molecule has 2 aliphatic heterocycles. The van der Waals surface area contributed by atoms with Gasteiger partial charge in [0.25, 0.3) is 0 Å². The van der Waals surface area contributed by atoms with Crippen molar-refractivity contribution in [1.29, 1.82) is 0 Å². The number of piperidine rings is 1. The number of halogens is 2. The number of hydrogen-bond donors (Lipinski definition) is 0. The molecule has 0 aromatic heterocycles. The molecule has 0 bridgehead atoms. The Hall–Kier alpha value is -2.27. The third kappa shape index (κ3) is 5.02. The number of hydrogen-bond acceptors (Lipinski definition) is 2. The molecule has 1 atom stereocenters. The third-order valence-corrected chi connectivity index (χ3v) is 6.31.